The summed E-state index contributed by atoms with van der Waals surface area (Å²) in [6, 6.07) is 3.22. The van der Waals surface area contributed by atoms with Crippen molar-refractivity contribution in [2.75, 3.05) is 5.32 Å². The standard InChI is InChI=1S/C12H10F2N2OS/c1-7-6-18-12(15-7)5-11(17)16-8-2-3-9(13)10(14)4-8/h2-4,6H,5H2,1H3,(H,16,17). The number of nitrogens with zero attached hydrogens (tertiary/aromatic N) is 1. The number of amides is 1. The third-order valence-electron chi connectivity index (χ3n) is 2.18. The number of halogens is 2. The molecule has 1 heterocycles. The quantitative estimate of drug-likeness (QED) is 0.930. The van der Waals surface area contributed by atoms with Gasteiger partial charge >= 0.3 is 0 Å². The van der Waals surface area contributed by atoms with Gasteiger partial charge in [0.1, 0.15) is 5.01 Å². The smallest absolute Gasteiger partial charge is 0.231 e. The summed E-state index contributed by atoms with van der Waals surface area (Å²) in [5.74, 6) is -2.24. The van der Waals surface area contributed by atoms with Crippen LogP contribution in [0.1, 0.15) is 10.7 Å². The van der Waals surface area contributed by atoms with Crippen LogP contribution in [0.25, 0.3) is 0 Å². The van der Waals surface area contributed by atoms with Crippen molar-refractivity contribution in [3.8, 4) is 0 Å². The highest BCUT2D eigenvalue weighted by Gasteiger charge is 2.09. The second kappa shape index (κ2) is 5.22. The molecule has 1 aromatic carbocycles. The zero-order valence-electron chi connectivity index (χ0n) is 9.54. The molecule has 0 unspecified atom stereocenters. The first-order valence-corrected chi connectivity index (χ1v) is 6.08. The largest absolute Gasteiger partial charge is 0.326 e. The van der Waals surface area contributed by atoms with Crippen LogP contribution >= 0.6 is 11.3 Å². The maximum absolute atomic E-state index is 12.9. The molecule has 1 aromatic heterocycles. The van der Waals surface area contributed by atoms with Gasteiger partial charge in [-0.3, -0.25) is 4.79 Å². The number of carbonyl (C=O) groups is 1. The van der Waals surface area contributed by atoms with E-state index in [1.54, 1.807) is 0 Å². The summed E-state index contributed by atoms with van der Waals surface area (Å²) >= 11 is 1.39. The SMILES string of the molecule is Cc1csc(CC(=O)Nc2ccc(F)c(F)c2)n1. The van der Waals surface area contributed by atoms with Crippen molar-refractivity contribution in [2.24, 2.45) is 0 Å². The number of anilines is 1. The molecule has 3 nitrogen and oxygen atoms in total. The van der Waals surface area contributed by atoms with E-state index < -0.39 is 11.6 Å². The number of aryl methyl sites for hydroxylation is 1. The Bertz CT molecular complexity index is 583. The number of benzene rings is 1. The first-order valence-electron chi connectivity index (χ1n) is 5.20. The van der Waals surface area contributed by atoms with Crippen LogP contribution in [-0.4, -0.2) is 10.9 Å². The Kier molecular flexibility index (Phi) is 3.66. The third kappa shape index (κ3) is 3.10. The Morgan fingerprint density at radius 2 is 2.17 bits per heavy atom. The van der Waals surface area contributed by atoms with Gasteiger partial charge in [0.15, 0.2) is 11.6 Å². The Balaban J connectivity index is 2.00. The molecule has 0 fully saturated rings. The summed E-state index contributed by atoms with van der Waals surface area (Å²) in [4.78, 5) is 15.8. The van der Waals surface area contributed by atoms with E-state index in [9.17, 15) is 13.6 Å². The van der Waals surface area contributed by atoms with Gasteiger partial charge in [0.05, 0.1) is 6.42 Å². The van der Waals surface area contributed by atoms with E-state index in [0.29, 0.717) is 5.01 Å². The van der Waals surface area contributed by atoms with Crippen LogP contribution in [0, 0.1) is 18.6 Å². The molecule has 0 atom stereocenters. The molecule has 0 spiro atoms. The van der Waals surface area contributed by atoms with Gasteiger partial charge in [-0.15, -0.1) is 11.3 Å². The monoisotopic (exact) mass is 268 g/mol. The summed E-state index contributed by atoms with van der Waals surface area (Å²) in [6.45, 7) is 1.84. The van der Waals surface area contributed by atoms with Gasteiger partial charge in [-0.1, -0.05) is 0 Å². The van der Waals surface area contributed by atoms with Gasteiger partial charge in [-0.2, -0.15) is 0 Å². The number of hydrogen-bond acceptors (Lipinski definition) is 3. The van der Waals surface area contributed by atoms with Gasteiger partial charge in [-0.05, 0) is 19.1 Å². The summed E-state index contributed by atoms with van der Waals surface area (Å²) < 4.78 is 25.6. The van der Waals surface area contributed by atoms with Crippen molar-refractivity contribution in [3.05, 3.63) is 45.9 Å². The van der Waals surface area contributed by atoms with Crippen LogP contribution in [0.3, 0.4) is 0 Å². The fourth-order valence-electron chi connectivity index (χ4n) is 1.40. The highest BCUT2D eigenvalue weighted by molar-refractivity contribution is 7.09. The number of hydrogen-bond donors (Lipinski definition) is 1. The lowest BCUT2D eigenvalue weighted by atomic mass is 10.3. The third-order valence-corrected chi connectivity index (χ3v) is 3.15. The predicted octanol–water partition coefficient (Wildman–Crippen LogP) is 2.91. The summed E-state index contributed by atoms with van der Waals surface area (Å²) in [6.07, 6.45) is 0.123. The molecule has 1 N–H and O–H groups in total. The Labute approximate surface area is 106 Å². The molecule has 0 aliphatic rings. The molecule has 0 saturated carbocycles. The molecule has 6 heteroatoms. The Morgan fingerprint density at radius 1 is 1.39 bits per heavy atom. The molecule has 0 saturated heterocycles. The lowest BCUT2D eigenvalue weighted by Crippen LogP contribution is -2.14. The molecule has 0 aliphatic heterocycles. The second-order valence-electron chi connectivity index (χ2n) is 3.74. The zero-order valence-corrected chi connectivity index (χ0v) is 10.4. The first-order chi connectivity index (χ1) is 8.54. The average Bonchev–Trinajstić information content (AvgIpc) is 2.69. The van der Waals surface area contributed by atoms with Crippen molar-refractivity contribution in [1.82, 2.24) is 4.98 Å². The molecule has 2 rings (SSSR count). The van der Waals surface area contributed by atoms with Gasteiger partial charge in [0, 0.05) is 22.8 Å². The van der Waals surface area contributed by atoms with Crippen molar-refractivity contribution in [3.63, 3.8) is 0 Å². The fraction of sp³-hybridized carbons (Fsp3) is 0.167. The molecule has 0 bridgehead atoms. The van der Waals surface area contributed by atoms with Gasteiger partial charge in [0.25, 0.3) is 0 Å². The molecular weight excluding hydrogens is 258 g/mol. The van der Waals surface area contributed by atoms with E-state index in [0.717, 1.165) is 17.8 Å². The maximum Gasteiger partial charge on any atom is 0.231 e. The van der Waals surface area contributed by atoms with Crippen LogP contribution in [0.4, 0.5) is 14.5 Å². The van der Waals surface area contributed by atoms with E-state index >= 15 is 0 Å². The van der Waals surface area contributed by atoms with Crippen molar-refractivity contribution in [2.45, 2.75) is 13.3 Å². The predicted molar refractivity (Wildman–Crippen MR) is 65.5 cm³/mol. The van der Waals surface area contributed by atoms with Gasteiger partial charge in [0.2, 0.25) is 5.91 Å². The Hall–Kier alpha value is -1.82. The number of thiazole rings is 1. The normalized spacial score (nSPS) is 10.4. The van der Waals surface area contributed by atoms with Crippen LogP contribution in [-0.2, 0) is 11.2 Å². The van der Waals surface area contributed by atoms with Crippen LogP contribution in [0.15, 0.2) is 23.6 Å². The van der Waals surface area contributed by atoms with Crippen LogP contribution < -0.4 is 5.32 Å². The minimum atomic E-state index is -0.988. The van der Waals surface area contributed by atoms with E-state index in [-0.39, 0.29) is 18.0 Å². The van der Waals surface area contributed by atoms with Crippen molar-refractivity contribution >= 4 is 22.9 Å². The van der Waals surface area contributed by atoms with Crippen LogP contribution in [0.2, 0.25) is 0 Å². The number of carbonyl (C=O) groups excluding carboxylic acids is 1. The van der Waals surface area contributed by atoms with Crippen molar-refractivity contribution in [1.29, 1.82) is 0 Å². The van der Waals surface area contributed by atoms with Gasteiger partial charge in [-0.25, -0.2) is 13.8 Å². The van der Waals surface area contributed by atoms with E-state index in [2.05, 4.69) is 10.3 Å². The number of rotatable bonds is 3. The molecule has 0 aliphatic carbocycles. The molecule has 0 radical (unpaired) electrons. The fourth-order valence-corrected chi connectivity index (χ4v) is 2.17. The van der Waals surface area contributed by atoms with Crippen LogP contribution in [0.5, 0.6) is 0 Å². The molecule has 2 aromatic rings. The molecule has 94 valence electrons. The van der Waals surface area contributed by atoms with Crippen molar-refractivity contribution < 1.29 is 13.6 Å². The molecular formula is C12H10F2N2OS. The van der Waals surface area contributed by atoms with E-state index in [1.807, 2.05) is 12.3 Å². The lowest BCUT2D eigenvalue weighted by molar-refractivity contribution is -0.115. The average molecular weight is 268 g/mol. The summed E-state index contributed by atoms with van der Waals surface area (Å²) in [5, 5.41) is 5.02. The van der Waals surface area contributed by atoms with E-state index in [4.69, 9.17) is 0 Å². The highest BCUT2D eigenvalue weighted by atomic mass is 32.1. The number of nitrogens with one attached hydrogen (secondary N) is 1. The second-order valence-corrected chi connectivity index (χ2v) is 4.68. The molecule has 1 amide bonds. The highest BCUT2D eigenvalue weighted by Crippen LogP contribution is 2.14. The minimum absolute atomic E-state index is 0.123. The summed E-state index contributed by atoms with van der Waals surface area (Å²) in [5.41, 5.74) is 1.09. The van der Waals surface area contributed by atoms with E-state index in [1.165, 1.54) is 17.4 Å². The topological polar surface area (TPSA) is 42.0 Å². The summed E-state index contributed by atoms with van der Waals surface area (Å²) in [7, 11) is 0. The number of aromatic nitrogens is 1. The minimum Gasteiger partial charge on any atom is -0.326 e. The first kappa shape index (κ1) is 12.6. The Morgan fingerprint density at radius 3 is 2.78 bits per heavy atom. The maximum atomic E-state index is 12.9. The zero-order chi connectivity index (χ0) is 13.1. The van der Waals surface area contributed by atoms with Gasteiger partial charge < -0.3 is 5.32 Å². The molecule has 18 heavy (non-hydrogen) atoms. The lowest BCUT2D eigenvalue weighted by Gasteiger charge is -2.04.